The molecule has 3 aliphatic carbocycles. The molecule has 0 spiro atoms. The average molecular weight is 458 g/mol. The maximum atomic E-state index is 12.4. The molecule has 3 fully saturated rings. The second kappa shape index (κ2) is 8.28. The molecule has 0 saturated heterocycles. The molecule has 0 atom stereocenters. The number of hydrogen-bond donors (Lipinski definition) is 2. The number of rotatable bonds is 5. The third-order valence-corrected chi connectivity index (χ3v) is 7.81. The van der Waals surface area contributed by atoms with Crippen molar-refractivity contribution >= 4 is 23.1 Å². The number of amides is 1. The number of nitrogens with zero attached hydrogens (tertiary/aromatic N) is 3. The van der Waals surface area contributed by atoms with Gasteiger partial charge in [-0.1, -0.05) is 11.3 Å². The van der Waals surface area contributed by atoms with Gasteiger partial charge in [-0.05, 0) is 86.1 Å². The van der Waals surface area contributed by atoms with Gasteiger partial charge < -0.3 is 15.4 Å². The zero-order valence-corrected chi connectivity index (χ0v) is 20.9. The highest BCUT2D eigenvalue weighted by Crippen LogP contribution is 2.54. The Balaban J connectivity index is 1.50. The van der Waals surface area contributed by atoms with Gasteiger partial charge in [0.25, 0.3) is 0 Å². The minimum absolute atomic E-state index is 0.0665. The highest BCUT2D eigenvalue weighted by atomic mass is 32.1. The molecule has 2 aromatic rings. The van der Waals surface area contributed by atoms with Crippen LogP contribution in [0.15, 0.2) is 12.3 Å². The van der Waals surface area contributed by atoms with Gasteiger partial charge in [0.05, 0.1) is 5.56 Å². The number of carbonyl (C=O) groups excluding carboxylic acids is 1. The molecule has 8 heteroatoms. The molecule has 7 nitrogen and oxygen atoms in total. The zero-order chi connectivity index (χ0) is 23.1. The summed E-state index contributed by atoms with van der Waals surface area (Å²) in [6.07, 6.45) is 7.50. The number of nitrogens with one attached hydrogen (secondary N) is 2. The number of aromatic nitrogens is 3. The van der Waals surface area contributed by atoms with Crippen molar-refractivity contribution in [3.8, 4) is 10.6 Å². The molecule has 0 unspecified atom stereocenters. The summed E-state index contributed by atoms with van der Waals surface area (Å²) in [5, 5.41) is 18.0. The van der Waals surface area contributed by atoms with Gasteiger partial charge in [-0.25, -0.2) is 4.79 Å². The Hall–Kier alpha value is -2.22. The van der Waals surface area contributed by atoms with Crippen LogP contribution in [0, 0.1) is 6.92 Å². The second-order valence-electron chi connectivity index (χ2n) is 10.8. The van der Waals surface area contributed by atoms with Crippen LogP contribution < -0.4 is 10.6 Å². The van der Waals surface area contributed by atoms with Crippen LogP contribution in [0.3, 0.4) is 0 Å². The molecule has 1 amide bonds. The molecule has 3 aliphatic rings. The van der Waals surface area contributed by atoms with E-state index < -0.39 is 5.60 Å². The first kappa shape index (κ1) is 23.0. The van der Waals surface area contributed by atoms with Crippen LogP contribution in [0.4, 0.5) is 10.5 Å². The molecule has 174 valence electrons. The summed E-state index contributed by atoms with van der Waals surface area (Å²) in [7, 11) is 0. The Morgan fingerprint density at radius 2 is 1.78 bits per heavy atom. The maximum Gasteiger partial charge on any atom is 0.408 e. The van der Waals surface area contributed by atoms with E-state index in [4.69, 9.17) is 4.74 Å². The predicted octanol–water partition coefficient (Wildman–Crippen LogP) is 5.60. The fraction of sp³-hybridized carbons (Fsp3) is 0.667. The second-order valence-corrected chi connectivity index (χ2v) is 11.7. The largest absolute Gasteiger partial charge is 0.444 e. The molecule has 2 aromatic heterocycles. The van der Waals surface area contributed by atoms with Crippen molar-refractivity contribution in [3.05, 3.63) is 23.0 Å². The molecule has 0 aromatic carbocycles. The molecule has 0 radical (unpaired) electrons. The molecule has 5 rings (SSSR count). The first-order chi connectivity index (χ1) is 15.0. The van der Waals surface area contributed by atoms with Crippen LogP contribution in [-0.2, 0) is 10.2 Å². The number of aryl methyl sites for hydroxylation is 1. The molecule has 2 N–H and O–H groups in total. The van der Waals surface area contributed by atoms with Crippen molar-refractivity contribution in [2.75, 3.05) is 5.32 Å². The summed E-state index contributed by atoms with van der Waals surface area (Å²) >= 11 is 1.69. The highest BCUT2D eigenvalue weighted by Gasteiger charge is 2.52. The minimum atomic E-state index is -0.481. The lowest BCUT2D eigenvalue weighted by molar-refractivity contribution is 0.0258. The van der Waals surface area contributed by atoms with E-state index in [1.165, 1.54) is 0 Å². The van der Waals surface area contributed by atoms with Crippen molar-refractivity contribution in [2.24, 2.45) is 0 Å². The van der Waals surface area contributed by atoms with Crippen LogP contribution in [0.25, 0.3) is 10.6 Å². The van der Waals surface area contributed by atoms with Crippen LogP contribution in [0.2, 0.25) is 0 Å². The van der Waals surface area contributed by atoms with E-state index in [9.17, 15) is 4.79 Å². The third kappa shape index (κ3) is 4.75. The number of ether oxygens (including phenoxy) is 1. The first-order valence-corrected chi connectivity index (χ1v) is 12.4. The predicted molar refractivity (Wildman–Crippen MR) is 128 cm³/mol. The van der Waals surface area contributed by atoms with Crippen LogP contribution in [0.5, 0.6) is 0 Å². The number of carbonyl (C=O) groups is 1. The third-order valence-electron chi connectivity index (χ3n) is 6.61. The summed E-state index contributed by atoms with van der Waals surface area (Å²) < 4.78 is 5.51. The van der Waals surface area contributed by atoms with Crippen LogP contribution >= 0.6 is 11.3 Å². The lowest BCUT2D eigenvalue weighted by atomic mass is 9.57. The van der Waals surface area contributed by atoms with E-state index in [0.29, 0.717) is 6.04 Å². The average Bonchev–Trinajstić information content (AvgIpc) is 3.18. The van der Waals surface area contributed by atoms with Crippen molar-refractivity contribution in [1.82, 2.24) is 20.5 Å². The Bertz CT molecular complexity index is 970. The van der Waals surface area contributed by atoms with Gasteiger partial charge in [0, 0.05) is 34.6 Å². The van der Waals surface area contributed by atoms with Crippen molar-refractivity contribution in [1.29, 1.82) is 0 Å². The molecule has 2 bridgehead atoms. The molecule has 0 aliphatic heterocycles. The summed E-state index contributed by atoms with van der Waals surface area (Å²) in [5.41, 5.74) is 2.49. The molecule has 2 heterocycles. The standard InChI is InChI=1S/C24H35N5O2S/c1-15(2)26-18-13-16(3)25-14-17(18)19-28-29-20(32-19)23-7-10-24(11-8-23,12-9-23)27-21(30)31-22(4,5)6/h13-15H,7-12H2,1-6H3,(H,25,26)(H,27,30). The molecular weight excluding hydrogens is 422 g/mol. The van der Waals surface area contributed by atoms with E-state index in [0.717, 1.165) is 65.5 Å². The summed E-state index contributed by atoms with van der Waals surface area (Å²) in [4.78, 5) is 16.9. The highest BCUT2D eigenvalue weighted by molar-refractivity contribution is 7.14. The number of alkyl carbamates (subject to hydrolysis) is 1. The molecular formula is C24H35N5O2S. The Morgan fingerprint density at radius 1 is 1.12 bits per heavy atom. The first-order valence-electron chi connectivity index (χ1n) is 11.6. The number of anilines is 1. The number of fused-ring (bicyclic) bond motifs is 3. The Morgan fingerprint density at radius 3 is 2.38 bits per heavy atom. The topological polar surface area (TPSA) is 89.0 Å². The maximum absolute atomic E-state index is 12.4. The zero-order valence-electron chi connectivity index (χ0n) is 20.0. The van der Waals surface area contributed by atoms with E-state index in [1.807, 2.05) is 33.9 Å². The van der Waals surface area contributed by atoms with Gasteiger partial charge in [-0.3, -0.25) is 4.98 Å². The normalized spacial score (nSPS) is 25.1. The van der Waals surface area contributed by atoms with Gasteiger partial charge in [0.15, 0.2) is 5.01 Å². The molecule has 3 saturated carbocycles. The Labute approximate surface area is 194 Å². The summed E-state index contributed by atoms with van der Waals surface area (Å²) in [5.74, 6) is 0. The number of hydrogen-bond acceptors (Lipinski definition) is 7. The quantitative estimate of drug-likeness (QED) is 0.608. The van der Waals surface area contributed by atoms with Gasteiger partial charge in [-0.2, -0.15) is 0 Å². The SMILES string of the molecule is Cc1cc(NC(C)C)c(-c2nnc(C34CCC(NC(=O)OC(C)(C)C)(CC3)CC4)s2)cn1. The lowest BCUT2D eigenvalue weighted by Crippen LogP contribution is -2.58. The van der Waals surface area contributed by atoms with E-state index in [1.54, 1.807) is 11.3 Å². The molecule has 32 heavy (non-hydrogen) atoms. The Kier molecular flexibility index (Phi) is 5.94. The lowest BCUT2D eigenvalue weighted by Gasteiger charge is -2.52. The van der Waals surface area contributed by atoms with Gasteiger partial charge in [0.1, 0.15) is 10.6 Å². The van der Waals surface area contributed by atoms with Gasteiger partial charge >= 0.3 is 6.09 Å². The fourth-order valence-electron chi connectivity index (χ4n) is 4.92. The van der Waals surface area contributed by atoms with Crippen LogP contribution in [-0.4, -0.2) is 38.5 Å². The fourth-order valence-corrected chi connectivity index (χ4v) is 6.06. The van der Waals surface area contributed by atoms with Crippen molar-refractivity contribution in [3.63, 3.8) is 0 Å². The minimum Gasteiger partial charge on any atom is -0.444 e. The van der Waals surface area contributed by atoms with Crippen LogP contribution in [0.1, 0.15) is 83.8 Å². The summed E-state index contributed by atoms with van der Waals surface area (Å²) in [6, 6.07) is 2.40. The van der Waals surface area contributed by atoms with Gasteiger partial charge in [-0.15, -0.1) is 10.2 Å². The smallest absolute Gasteiger partial charge is 0.408 e. The van der Waals surface area contributed by atoms with Crippen molar-refractivity contribution in [2.45, 2.75) is 103 Å². The summed E-state index contributed by atoms with van der Waals surface area (Å²) in [6.45, 7) is 12.0. The van der Waals surface area contributed by atoms with E-state index in [-0.39, 0.29) is 17.0 Å². The van der Waals surface area contributed by atoms with E-state index in [2.05, 4.69) is 45.7 Å². The monoisotopic (exact) mass is 457 g/mol. The van der Waals surface area contributed by atoms with E-state index >= 15 is 0 Å². The number of pyridine rings is 1. The van der Waals surface area contributed by atoms with Gasteiger partial charge in [0.2, 0.25) is 0 Å². The van der Waals surface area contributed by atoms with Crippen molar-refractivity contribution < 1.29 is 9.53 Å².